The lowest BCUT2D eigenvalue weighted by molar-refractivity contribution is -0.118. The van der Waals surface area contributed by atoms with Crippen LogP contribution in [0.5, 0.6) is 0 Å². The van der Waals surface area contributed by atoms with Gasteiger partial charge in [0.1, 0.15) is 11.7 Å². The molecule has 0 radical (unpaired) electrons. The molecule has 3 N–H and O–H groups in total. The number of Topliss-reactive ketones (excluding diaryl/α,β-unsaturated/α-hetero) is 1. The topological polar surface area (TPSA) is 91.1 Å². The van der Waals surface area contributed by atoms with Gasteiger partial charge in [0.05, 0.1) is 0 Å². The van der Waals surface area contributed by atoms with E-state index in [0.29, 0.717) is 41.3 Å². The molecular formula is C26H33N3O3. The first-order valence-corrected chi connectivity index (χ1v) is 11.6. The second-order valence-electron chi connectivity index (χ2n) is 10.3. The van der Waals surface area contributed by atoms with Crippen molar-refractivity contribution in [3.8, 4) is 0 Å². The molecule has 1 heterocycles. The van der Waals surface area contributed by atoms with Gasteiger partial charge < -0.3 is 15.6 Å². The first kappa shape index (κ1) is 22.3. The molecular weight excluding hydrogens is 402 g/mol. The van der Waals surface area contributed by atoms with Gasteiger partial charge >= 0.3 is 0 Å². The molecule has 1 fully saturated rings. The number of ketones is 1. The summed E-state index contributed by atoms with van der Waals surface area (Å²) in [5, 5.41) is 5.87. The first-order valence-electron chi connectivity index (χ1n) is 11.6. The van der Waals surface area contributed by atoms with Crippen LogP contribution < -0.4 is 10.6 Å². The van der Waals surface area contributed by atoms with Gasteiger partial charge in [0.15, 0.2) is 5.78 Å². The minimum atomic E-state index is -0.628. The zero-order valence-corrected chi connectivity index (χ0v) is 19.4. The number of hydrogen-bond donors (Lipinski definition) is 3. The summed E-state index contributed by atoms with van der Waals surface area (Å²) in [6.45, 7) is 7.93. The number of aryl methyl sites for hydroxylation is 1. The van der Waals surface area contributed by atoms with Gasteiger partial charge in [0.2, 0.25) is 5.91 Å². The molecule has 0 spiro atoms. The average Bonchev–Trinajstić information content (AvgIpc) is 3.48. The van der Waals surface area contributed by atoms with Crippen LogP contribution in [0.4, 0.5) is 5.69 Å². The number of fused-ring (bicyclic) bond motifs is 1. The summed E-state index contributed by atoms with van der Waals surface area (Å²) in [6.07, 6.45) is 5.10. The number of rotatable bonds is 7. The van der Waals surface area contributed by atoms with E-state index in [-0.39, 0.29) is 23.0 Å². The number of carbonyl (C=O) groups excluding carboxylic acids is 3. The van der Waals surface area contributed by atoms with Crippen molar-refractivity contribution in [1.29, 1.82) is 0 Å². The van der Waals surface area contributed by atoms with E-state index in [2.05, 4.69) is 29.5 Å². The SMILES string of the molecule is Cc1ccc(NC(=O)C(CCC2CC2)NC(=O)c2[nH]c3c(c2C)C(=O)CC(C)(C)C3)cc1. The van der Waals surface area contributed by atoms with Gasteiger partial charge in [0, 0.05) is 23.4 Å². The normalized spacial score (nSPS) is 18.1. The fourth-order valence-electron chi connectivity index (χ4n) is 4.63. The summed E-state index contributed by atoms with van der Waals surface area (Å²) < 4.78 is 0. The van der Waals surface area contributed by atoms with Crippen molar-refractivity contribution in [2.45, 2.75) is 72.3 Å². The van der Waals surface area contributed by atoms with E-state index in [4.69, 9.17) is 0 Å². The molecule has 1 unspecified atom stereocenters. The molecule has 0 bridgehead atoms. The molecule has 0 aliphatic heterocycles. The molecule has 2 aliphatic rings. The lowest BCUT2D eigenvalue weighted by Crippen LogP contribution is -2.44. The third-order valence-corrected chi connectivity index (χ3v) is 6.63. The van der Waals surface area contributed by atoms with Crippen molar-refractivity contribution in [2.75, 3.05) is 5.32 Å². The van der Waals surface area contributed by atoms with Crippen LogP contribution >= 0.6 is 0 Å². The number of benzene rings is 1. The van der Waals surface area contributed by atoms with Crippen LogP contribution in [0, 0.1) is 25.2 Å². The van der Waals surface area contributed by atoms with Crippen molar-refractivity contribution in [3.63, 3.8) is 0 Å². The minimum Gasteiger partial charge on any atom is -0.354 e. The zero-order valence-electron chi connectivity index (χ0n) is 19.4. The molecule has 2 amide bonds. The van der Waals surface area contributed by atoms with E-state index in [0.717, 1.165) is 24.1 Å². The summed E-state index contributed by atoms with van der Waals surface area (Å²) in [5.74, 6) is 0.184. The van der Waals surface area contributed by atoms with E-state index < -0.39 is 6.04 Å². The standard InChI is InChI=1S/C26H33N3O3/c1-15-5-10-18(11-6-15)27-24(31)19(12-9-17-7-8-17)29-25(32)23-16(2)22-20(28-23)13-26(3,4)14-21(22)30/h5-6,10-11,17,19,28H,7-9,12-14H2,1-4H3,(H,27,31)(H,29,32). The predicted molar refractivity (Wildman–Crippen MR) is 125 cm³/mol. The fourth-order valence-corrected chi connectivity index (χ4v) is 4.63. The summed E-state index contributed by atoms with van der Waals surface area (Å²) in [6, 6.07) is 6.99. The molecule has 32 heavy (non-hydrogen) atoms. The molecule has 1 aromatic carbocycles. The van der Waals surface area contributed by atoms with Gasteiger partial charge in [-0.25, -0.2) is 0 Å². The highest BCUT2D eigenvalue weighted by Crippen LogP contribution is 2.37. The smallest absolute Gasteiger partial charge is 0.268 e. The Hall–Kier alpha value is -2.89. The van der Waals surface area contributed by atoms with Gasteiger partial charge in [-0.15, -0.1) is 0 Å². The van der Waals surface area contributed by atoms with Crippen molar-refractivity contribution >= 4 is 23.3 Å². The number of nitrogens with one attached hydrogen (secondary N) is 3. The lowest BCUT2D eigenvalue weighted by atomic mass is 9.75. The number of anilines is 1. The van der Waals surface area contributed by atoms with Gasteiger partial charge in [-0.1, -0.05) is 44.4 Å². The zero-order chi connectivity index (χ0) is 23.0. The molecule has 1 aromatic heterocycles. The summed E-state index contributed by atoms with van der Waals surface area (Å²) >= 11 is 0. The van der Waals surface area contributed by atoms with Crippen molar-refractivity contribution < 1.29 is 14.4 Å². The van der Waals surface area contributed by atoms with Crippen LogP contribution in [0.25, 0.3) is 0 Å². The fraction of sp³-hybridized carbons (Fsp3) is 0.500. The molecule has 2 aliphatic carbocycles. The van der Waals surface area contributed by atoms with Gasteiger partial charge in [-0.05, 0) is 62.1 Å². The Balaban J connectivity index is 1.51. The largest absolute Gasteiger partial charge is 0.354 e. The van der Waals surface area contributed by atoms with E-state index in [1.165, 1.54) is 12.8 Å². The number of carbonyl (C=O) groups is 3. The molecule has 1 atom stereocenters. The maximum atomic E-state index is 13.2. The van der Waals surface area contributed by atoms with Gasteiger partial charge in [-0.2, -0.15) is 0 Å². The third kappa shape index (κ3) is 4.95. The quantitative estimate of drug-likeness (QED) is 0.588. The minimum absolute atomic E-state index is 0.0754. The maximum Gasteiger partial charge on any atom is 0.268 e. The maximum absolute atomic E-state index is 13.2. The molecule has 6 nitrogen and oxygen atoms in total. The van der Waals surface area contributed by atoms with Crippen LogP contribution in [-0.4, -0.2) is 28.6 Å². The van der Waals surface area contributed by atoms with Crippen molar-refractivity contribution in [3.05, 3.63) is 52.3 Å². The van der Waals surface area contributed by atoms with E-state index in [1.54, 1.807) is 0 Å². The third-order valence-electron chi connectivity index (χ3n) is 6.63. The van der Waals surface area contributed by atoms with Crippen LogP contribution in [-0.2, 0) is 11.2 Å². The first-order chi connectivity index (χ1) is 15.1. The number of aromatic nitrogens is 1. The van der Waals surface area contributed by atoms with Crippen molar-refractivity contribution in [2.24, 2.45) is 11.3 Å². The monoisotopic (exact) mass is 435 g/mol. The number of H-pyrrole nitrogens is 1. The molecule has 1 saturated carbocycles. The molecule has 170 valence electrons. The van der Waals surface area contributed by atoms with Crippen molar-refractivity contribution in [1.82, 2.24) is 10.3 Å². The Morgan fingerprint density at radius 3 is 2.47 bits per heavy atom. The van der Waals surface area contributed by atoms with E-state index in [9.17, 15) is 14.4 Å². The number of hydrogen-bond acceptors (Lipinski definition) is 3. The Bertz CT molecular complexity index is 1050. The second kappa shape index (κ2) is 8.57. The highest BCUT2D eigenvalue weighted by molar-refractivity contribution is 6.06. The molecule has 6 heteroatoms. The summed E-state index contributed by atoms with van der Waals surface area (Å²) in [5.41, 5.74) is 4.24. The molecule has 0 saturated heterocycles. The van der Waals surface area contributed by atoms with Crippen LogP contribution in [0.2, 0.25) is 0 Å². The van der Waals surface area contributed by atoms with E-state index in [1.807, 2.05) is 38.1 Å². The number of amides is 2. The summed E-state index contributed by atoms with van der Waals surface area (Å²) in [4.78, 5) is 42.1. The summed E-state index contributed by atoms with van der Waals surface area (Å²) in [7, 11) is 0. The Labute approximate surface area is 189 Å². The van der Waals surface area contributed by atoms with Gasteiger partial charge in [0.25, 0.3) is 5.91 Å². The average molecular weight is 436 g/mol. The Kier molecular flexibility index (Phi) is 5.97. The molecule has 4 rings (SSSR count). The number of aromatic amines is 1. The molecule has 2 aromatic rings. The highest BCUT2D eigenvalue weighted by Gasteiger charge is 2.36. The van der Waals surface area contributed by atoms with E-state index >= 15 is 0 Å². The predicted octanol–water partition coefficient (Wildman–Crippen LogP) is 4.71. The Morgan fingerprint density at radius 2 is 1.81 bits per heavy atom. The lowest BCUT2D eigenvalue weighted by Gasteiger charge is -2.28. The second-order valence-corrected chi connectivity index (χ2v) is 10.3. The highest BCUT2D eigenvalue weighted by atomic mass is 16.2. The van der Waals surface area contributed by atoms with Crippen LogP contribution in [0.3, 0.4) is 0 Å². The Morgan fingerprint density at radius 1 is 1.12 bits per heavy atom. The van der Waals surface area contributed by atoms with Crippen LogP contribution in [0.1, 0.15) is 83.6 Å². The van der Waals surface area contributed by atoms with Crippen LogP contribution in [0.15, 0.2) is 24.3 Å². The van der Waals surface area contributed by atoms with Gasteiger partial charge in [-0.3, -0.25) is 14.4 Å².